The molecule has 16 atom stereocenters. The van der Waals surface area contributed by atoms with Crippen LogP contribution >= 0.6 is 0 Å². The van der Waals surface area contributed by atoms with Gasteiger partial charge in [0.1, 0.15) is 61.5 Å². The first-order chi connectivity index (χ1) is 32.9. The Morgan fingerprint density at radius 3 is 1.75 bits per heavy atom. The highest BCUT2D eigenvalue weighted by Crippen LogP contribution is 2.33. The van der Waals surface area contributed by atoms with Gasteiger partial charge in [-0.3, -0.25) is 9.59 Å². The summed E-state index contributed by atoms with van der Waals surface area (Å²) in [5.41, 5.74) is 0. The van der Waals surface area contributed by atoms with Crippen molar-refractivity contribution in [3.05, 3.63) is 0 Å². The number of ether oxygens (including phenoxy) is 8. The third-order valence-corrected chi connectivity index (χ3v) is 13.0. The summed E-state index contributed by atoms with van der Waals surface area (Å²) in [7, 11) is 0. The zero-order valence-corrected chi connectivity index (χ0v) is 41.5. The number of carbonyl (C=O) groups excluding carboxylic acids is 2. The Morgan fingerprint density at radius 2 is 1.14 bits per heavy atom. The number of hydrogen-bond donors (Lipinski definition) is 9. The zero-order chi connectivity index (χ0) is 50.9. The van der Waals surface area contributed by atoms with Crippen molar-refractivity contribution in [2.45, 2.75) is 267 Å². The van der Waals surface area contributed by atoms with Gasteiger partial charge in [0.2, 0.25) is 0 Å². The van der Waals surface area contributed by atoms with Crippen LogP contribution in [0.15, 0.2) is 0 Å². The van der Waals surface area contributed by atoms with Gasteiger partial charge < -0.3 is 83.9 Å². The van der Waals surface area contributed by atoms with Crippen LogP contribution in [0.2, 0.25) is 0 Å². The van der Waals surface area contributed by atoms with E-state index < -0.39 is 123 Å². The largest absolute Gasteiger partial charge is 0.479 e. The third kappa shape index (κ3) is 22.7. The predicted molar refractivity (Wildman–Crippen MR) is 247 cm³/mol. The van der Waals surface area contributed by atoms with E-state index >= 15 is 0 Å². The Labute approximate surface area is 408 Å². The molecule has 0 saturated carbocycles. The van der Waals surface area contributed by atoms with E-state index in [1.54, 1.807) is 0 Å². The summed E-state index contributed by atoms with van der Waals surface area (Å²) in [6.07, 6.45) is -3.86. The number of hydrogen-bond acceptors (Lipinski definition) is 19. The van der Waals surface area contributed by atoms with Crippen LogP contribution in [-0.4, -0.2) is 182 Å². The minimum absolute atomic E-state index is 0.0192. The molecule has 3 fully saturated rings. The van der Waals surface area contributed by atoms with Gasteiger partial charge in [0, 0.05) is 13.3 Å². The summed E-state index contributed by atoms with van der Waals surface area (Å²) in [6.45, 7) is 5.68. The molecule has 0 unspecified atom stereocenters. The maximum atomic E-state index is 12.3. The molecule has 3 saturated heterocycles. The second-order valence-corrected chi connectivity index (χ2v) is 19.6. The molecule has 0 aromatic rings. The average Bonchev–Trinajstić information content (AvgIpc) is 3.29. The van der Waals surface area contributed by atoms with Crippen LogP contribution < -0.4 is 0 Å². The number of aliphatic carboxylic acids is 1. The van der Waals surface area contributed by atoms with Gasteiger partial charge in [0.05, 0.1) is 25.4 Å². The van der Waals surface area contributed by atoms with Gasteiger partial charge in [0.15, 0.2) is 31.1 Å². The predicted octanol–water partition coefficient (Wildman–Crippen LogP) is 3.28. The van der Waals surface area contributed by atoms with Crippen LogP contribution in [0.5, 0.6) is 0 Å². The van der Waals surface area contributed by atoms with Crippen LogP contribution in [0.25, 0.3) is 0 Å². The number of aliphatic hydroxyl groups excluding tert-OH is 8. The van der Waals surface area contributed by atoms with Crippen molar-refractivity contribution in [2.75, 3.05) is 19.8 Å². The van der Waals surface area contributed by atoms with E-state index in [9.17, 15) is 55.2 Å². The lowest BCUT2D eigenvalue weighted by Gasteiger charge is -2.46. The standard InChI is InChI=1S/C49H88O20/c1-5-6-7-18-23-33(24-20-22-32(51)21-17-15-13-11-9-8-10-12-14-16-19-25-34(52)46(60)61)66-48-44(39(55)35(53)27-63-48)69-49-45(41(57)37(29-64-49)65-31(4)50)68-47-43(59)42(58)40(56)36(67-47)28-62-38(54)26-30(2)3/h30,32-37,39-45,47-49,51-53,55-59H,5-29H2,1-4H3,(H,60,61)/t32-,33-,34-,35+,36+,37+,39-,40+,41-,42-,43+,44+,45+,47-,48-,49-/m1/s1. The second kappa shape index (κ2) is 33.6. The first-order valence-corrected chi connectivity index (χ1v) is 25.8. The Morgan fingerprint density at radius 1 is 0.609 bits per heavy atom. The smallest absolute Gasteiger partial charge is 0.332 e. The molecule has 0 spiro atoms. The highest BCUT2D eigenvalue weighted by molar-refractivity contribution is 5.71. The van der Waals surface area contributed by atoms with E-state index in [4.69, 9.17) is 43.0 Å². The number of aliphatic hydroxyl groups is 8. The van der Waals surface area contributed by atoms with Crippen LogP contribution in [0.1, 0.15) is 169 Å². The number of esters is 2. The molecule has 0 bridgehead atoms. The molecule has 0 aliphatic carbocycles. The Balaban J connectivity index is 1.59. The van der Waals surface area contributed by atoms with E-state index in [0.717, 1.165) is 103 Å². The molecule has 3 heterocycles. The van der Waals surface area contributed by atoms with Crippen LogP contribution in [-0.2, 0) is 52.3 Å². The van der Waals surface area contributed by atoms with Gasteiger partial charge in [-0.05, 0) is 44.4 Å². The minimum atomic E-state index is -1.90. The molecule has 0 amide bonds. The topological polar surface area (TPSA) is 307 Å². The summed E-state index contributed by atoms with van der Waals surface area (Å²) in [6, 6.07) is 0. The first kappa shape index (κ1) is 61.2. The third-order valence-electron chi connectivity index (χ3n) is 13.0. The van der Waals surface area contributed by atoms with Crippen molar-refractivity contribution in [3.8, 4) is 0 Å². The maximum Gasteiger partial charge on any atom is 0.332 e. The fraction of sp³-hybridized carbons (Fsp3) is 0.939. The molecule has 404 valence electrons. The van der Waals surface area contributed by atoms with Crippen molar-refractivity contribution in [1.82, 2.24) is 0 Å². The van der Waals surface area contributed by atoms with Crippen molar-refractivity contribution in [2.24, 2.45) is 5.92 Å². The van der Waals surface area contributed by atoms with Crippen molar-refractivity contribution >= 4 is 17.9 Å². The molecule has 0 radical (unpaired) electrons. The Kier molecular flexibility index (Phi) is 29.7. The summed E-state index contributed by atoms with van der Waals surface area (Å²) < 4.78 is 46.9. The number of unbranched alkanes of at least 4 members (excludes halogenated alkanes) is 13. The van der Waals surface area contributed by atoms with Crippen molar-refractivity contribution in [3.63, 3.8) is 0 Å². The van der Waals surface area contributed by atoms with Crippen LogP contribution in [0.4, 0.5) is 0 Å². The summed E-state index contributed by atoms with van der Waals surface area (Å²) in [4.78, 5) is 35.0. The lowest BCUT2D eigenvalue weighted by Crippen LogP contribution is -2.65. The van der Waals surface area contributed by atoms with E-state index in [-0.39, 0.29) is 25.0 Å². The number of carbonyl (C=O) groups is 3. The quantitative estimate of drug-likeness (QED) is 0.0325. The van der Waals surface area contributed by atoms with Gasteiger partial charge in [-0.25, -0.2) is 4.79 Å². The van der Waals surface area contributed by atoms with E-state index in [1.807, 2.05) is 13.8 Å². The normalized spacial score (nSPS) is 31.0. The van der Waals surface area contributed by atoms with E-state index in [2.05, 4.69) is 6.92 Å². The molecule has 3 aliphatic heterocycles. The molecular weight excluding hydrogens is 909 g/mol. The van der Waals surface area contributed by atoms with Gasteiger partial charge >= 0.3 is 17.9 Å². The molecule has 9 N–H and O–H groups in total. The average molecular weight is 997 g/mol. The van der Waals surface area contributed by atoms with Crippen LogP contribution in [0, 0.1) is 5.92 Å². The van der Waals surface area contributed by atoms with Crippen LogP contribution in [0.3, 0.4) is 0 Å². The van der Waals surface area contributed by atoms with Gasteiger partial charge in [-0.2, -0.15) is 0 Å². The van der Waals surface area contributed by atoms with Gasteiger partial charge in [-0.15, -0.1) is 0 Å². The molecule has 3 rings (SSSR count). The lowest BCUT2D eigenvalue weighted by atomic mass is 9.98. The minimum Gasteiger partial charge on any atom is -0.479 e. The monoisotopic (exact) mass is 997 g/mol. The molecule has 0 aromatic heterocycles. The van der Waals surface area contributed by atoms with Gasteiger partial charge in [-0.1, -0.05) is 117 Å². The molecular formula is C49H88O20. The number of rotatable bonds is 35. The lowest BCUT2D eigenvalue weighted by molar-refractivity contribution is -0.380. The second-order valence-electron chi connectivity index (χ2n) is 19.6. The zero-order valence-electron chi connectivity index (χ0n) is 41.5. The molecule has 69 heavy (non-hydrogen) atoms. The van der Waals surface area contributed by atoms with Crippen molar-refractivity contribution in [1.29, 1.82) is 0 Å². The molecule has 3 aliphatic rings. The van der Waals surface area contributed by atoms with E-state index in [1.165, 1.54) is 0 Å². The van der Waals surface area contributed by atoms with Gasteiger partial charge in [0.25, 0.3) is 0 Å². The SMILES string of the molecule is CCCCCC[C@H](CCC[C@H](O)CCCCCCCCCCCCC[C@@H](O)C(=O)O)O[C@H]1OC[C@H](O)[C@@H](O)[C@@H]1O[C@H]1OC[C@H](OC(C)=O)[C@@H](O)[C@@H]1O[C@H]1O[C@@H](COC(=O)CC(C)C)[C@H](O)[C@@H](O)[C@@H]1O. The Hall–Kier alpha value is -2.15. The molecule has 20 heteroatoms. The summed E-state index contributed by atoms with van der Waals surface area (Å²) >= 11 is 0. The highest BCUT2D eigenvalue weighted by Gasteiger charge is 2.52. The summed E-state index contributed by atoms with van der Waals surface area (Å²) in [5, 5.41) is 95.0. The maximum absolute atomic E-state index is 12.3. The molecule has 0 aromatic carbocycles. The number of carboxylic acid groups (broad SMARTS) is 1. The molecule has 20 nitrogen and oxygen atoms in total. The highest BCUT2D eigenvalue weighted by atomic mass is 16.8. The fourth-order valence-corrected chi connectivity index (χ4v) is 8.83. The summed E-state index contributed by atoms with van der Waals surface area (Å²) in [5.74, 6) is -2.51. The van der Waals surface area contributed by atoms with E-state index in [0.29, 0.717) is 38.5 Å². The van der Waals surface area contributed by atoms with Crippen molar-refractivity contribution < 1.29 is 98.2 Å². The Bertz CT molecular complexity index is 1410. The fourth-order valence-electron chi connectivity index (χ4n) is 8.83. The first-order valence-electron chi connectivity index (χ1n) is 25.8. The number of carboxylic acids is 1.